The van der Waals surface area contributed by atoms with Gasteiger partial charge in [0.1, 0.15) is 5.75 Å². The van der Waals surface area contributed by atoms with Crippen LogP contribution in [0.3, 0.4) is 0 Å². The maximum Gasteiger partial charge on any atom is 0.223 e. The normalized spacial score (nSPS) is 35.0. The van der Waals surface area contributed by atoms with Gasteiger partial charge >= 0.3 is 0 Å². The van der Waals surface area contributed by atoms with Gasteiger partial charge in [0.2, 0.25) is 5.91 Å². The van der Waals surface area contributed by atoms with Crippen LogP contribution in [-0.4, -0.2) is 36.7 Å². The van der Waals surface area contributed by atoms with Crippen LogP contribution < -0.4 is 10.1 Å². The van der Waals surface area contributed by atoms with E-state index in [1.165, 1.54) is 5.56 Å². The predicted octanol–water partition coefficient (Wildman–Crippen LogP) is 1.75. The highest BCUT2D eigenvalue weighted by molar-refractivity contribution is 5.85. The molecule has 0 aromatic heterocycles. The maximum atomic E-state index is 12.0. The number of hydrogen-bond acceptors (Lipinski definition) is 3. The molecule has 3 heterocycles. The number of carbonyl (C=O) groups excluding carboxylic acids is 1. The lowest BCUT2D eigenvalue weighted by atomic mass is 9.69. The van der Waals surface area contributed by atoms with Gasteiger partial charge in [-0.1, -0.05) is 18.2 Å². The Labute approximate surface area is 124 Å². The quantitative estimate of drug-likeness (QED) is 0.793. The molecule has 2 saturated heterocycles. The number of para-hydroxylation sites is 1. The van der Waals surface area contributed by atoms with E-state index in [1.54, 1.807) is 0 Å². The fourth-order valence-corrected chi connectivity index (χ4v) is 3.91. The summed E-state index contributed by atoms with van der Waals surface area (Å²) in [7, 11) is 2.14. The highest BCUT2D eigenvalue weighted by Crippen LogP contribution is 2.50. The van der Waals surface area contributed by atoms with E-state index in [4.69, 9.17) is 4.74 Å². The van der Waals surface area contributed by atoms with Crippen LogP contribution in [-0.2, 0) is 4.79 Å². The number of ether oxygens (including phenoxy) is 1. The zero-order valence-corrected chi connectivity index (χ0v) is 12.3. The summed E-state index contributed by atoms with van der Waals surface area (Å²) in [5.41, 5.74) is 0.731. The Hall–Kier alpha value is -1.26. The number of likely N-dealkylation sites (tertiary alicyclic amines) is 1. The van der Waals surface area contributed by atoms with E-state index in [0.717, 1.165) is 25.3 Å². The first-order valence-corrected chi connectivity index (χ1v) is 6.95. The molecule has 3 atom stereocenters. The lowest BCUT2D eigenvalue weighted by Gasteiger charge is -2.55. The van der Waals surface area contributed by atoms with Crippen molar-refractivity contribution in [1.29, 1.82) is 0 Å². The molecule has 108 valence electrons. The van der Waals surface area contributed by atoms with Gasteiger partial charge in [0, 0.05) is 37.8 Å². The van der Waals surface area contributed by atoms with Gasteiger partial charge in [-0.3, -0.25) is 4.79 Å². The van der Waals surface area contributed by atoms with E-state index < -0.39 is 5.72 Å². The lowest BCUT2D eigenvalue weighted by Crippen LogP contribution is -2.69. The number of halogens is 1. The molecule has 0 saturated carbocycles. The third kappa shape index (κ3) is 1.82. The summed E-state index contributed by atoms with van der Waals surface area (Å²) in [6.45, 7) is 1.95. The van der Waals surface area contributed by atoms with Gasteiger partial charge in [-0.05, 0) is 18.7 Å². The number of fused-ring (bicyclic) bond motifs is 2. The van der Waals surface area contributed by atoms with Crippen molar-refractivity contribution < 1.29 is 9.53 Å². The predicted molar refractivity (Wildman–Crippen MR) is 78.2 cm³/mol. The first-order valence-electron chi connectivity index (χ1n) is 6.95. The van der Waals surface area contributed by atoms with E-state index in [-0.39, 0.29) is 18.3 Å². The monoisotopic (exact) mass is 294 g/mol. The Balaban J connectivity index is 0.00000121. The van der Waals surface area contributed by atoms with Crippen molar-refractivity contribution in [2.45, 2.75) is 24.5 Å². The van der Waals surface area contributed by atoms with Gasteiger partial charge < -0.3 is 15.0 Å². The zero-order valence-electron chi connectivity index (χ0n) is 11.5. The van der Waals surface area contributed by atoms with E-state index in [0.29, 0.717) is 18.3 Å². The van der Waals surface area contributed by atoms with Crippen LogP contribution in [0.25, 0.3) is 0 Å². The van der Waals surface area contributed by atoms with Gasteiger partial charge in [0.15, 0.2) is 5.72 Å². The molecule has 0 aliphatic carbocycles. The van der Waals surface area contributed by atoms with Crippen molar-refractivity contribution in [1.82, 2.24) is 10.2 Å². The van der Waals surface area contributed by atoms with Crippen LogP contribution >= 0.6 is 12.4 Å². The summed E-state index contributed by atoms with van der Waals surface area (Å²) < 4.78 is 6.25. The van der Waals surface area contributed by atoms with Crippen LogP contribution in [0, 0.1) is 5.92 Å². The fraction of sp³-hybridized carbons (Fsp3) is 0.533. The standard InChI is InChI=1S/C15H18N2O2.ClH/c1-17-7-6-15-12(9-17)11(8-14(18)16-15)10-4-2-3-5-13(10)19-15;/h2-5,11-12H,6-9H2,1H3,(H,16,18);1H. The first-order chi connectivity index (χ1) is 9.18. The molecule has 0 radical (unpaired) electrons. The number of rotatable bonds is 0. The highest BCUT2D eigenvalue weighted by atomic mass is 35.5. The molecule has 5 heteroatoms. The molecule has 2 fully saturated rings. The van der Waals surface area contributed by atoms with Crippen molar-refractivity contribution in [2.24, 2.45) is 5.92 Å². The number of nitrogens with one attached hydrogen (secondary N) is 1. The fourth-order valence-electron chi connectivity index (χ4n) is 3.91. The Bertz CT molecular complexity index is 550. The number of amides is 1. The minimum atomic E-state index is -0.471. The summed E-state index contributed by atoms with van der Waals surface area (Å²) in [5, 5.41) is 3.14. The van der Waals surface area contributed by atoms with Gasteiger partial charge in [0.05, 0.1) is 0 Å². The third-order valence-electron chi connectivity index (χ3n) is 4.82. The summed E-state index contributed by atoms with van der Waals surface area (Å²) in [5.74, 6) is 1.73. The SMILES string of the molecule is CN1CCC23NC(=O)CC(c4ccccc4O2)C3C1.Cl. The molecule has 3 aliphatic heterocycles. The number of carbonyl (C=O) groups is 1. The second-order valence-corrected chi connectivity index (χ2v) is 6.01. The molecule has 1 aromatic carbocycles. The van der Waals surface area contributed by atoms with E-state index in [9.17, 15) is 4.79 Å². The molecule has 1 amide bonds. The van der Waals surface area contributed by atoms with Crippen LogP contribution in [0.5, 0.6) is 5.75 Å². The average Bonchev–Trinajstić information content (AvgIpc) is 2.38. The minimum absolute atomic E-state index is 0. The lowest BCUT2D eigenvalue weighted by molar-refractivity contribution is -0.152. The van der Waals surface area contributed by atoms with Crippen molar-refractivity contribution in [3.05, 3.63) is 29.8 Å². The molecule has 1 aromatic rings. The van der Waals surface area contributed by atoms with Gasteiger partial charge in [-0.25, -0.2) is 0 Å². The molecular formula is C15H19ClN2O2. The summed E-state index contributed by atoms with van der Waals surface area (Å²) >= 11 is 0. The molecular weight excluding hydrogens is 276 g/mol. The van der Waals surface area contributed by atoms with Crippen molar-refractivity contribution in [2.75, 3.05) is 20.1 Å². The largest absolute Gasteiger partial charge is 0.467 e. The van der Waals surface area contributed by atoms with Crippen molar-refractivity contribution in [3.63, 3.8) is 0 Å². The molecule has 1 N–H and O–H groups in total. The first kappa shape index (κ1) is 13.7. The summed E-state index contributed by atoms with van der Waals surface area (Å²) in [6.07, 6.45) is 1.45. The van der Waals surface area contributed by atoms with E-state index in [2.05, 4.69) is 23.3 Å². The number of benzene rings is 1. The molecule has 3 unspecified atom stereocenters. The van der Waals surface area contributed by atoms with Crippen molar-refractivity contribution >= 4 is 18.3 Å². The number of piperidine rings is 2. The van der Waals surface area contributed by atoms with Gasteiger partial charge in [0.25, 0.3) is 0 Å². The number of nitrogens with zero attached hydrogens (tertiary/aromatic N) is 1. The number of hydrogen-bond donors (Lipinski definition) is 1. The maximum absolute atomic E-state index is 12.0. The van der Waals surface area contributed by atoms with E-state index in [1.807, 2.05) is 18.2 Å². The van der Waals surface area contributed by atoms with Gasteiger partial charge in [-0.2, -0.15) is 0 Å². The third-order valence-corrected chi connectivity index (χ3v) is 4.82. The van der Waals surface area contributed by atoms with E-state index >= 15 is 0 Å². The topological polar surface area (TPSA) is 41.6 Å². The second-order valence-electron chi connectivity index (χ2n) is 6.01. The highest BCUT2D eigenvalue weighted by Gasteiger charge is 2.56. The van der Waals surface area contributed by atoms with Crippen LogP contribution in [0.15, 0.2) is 24.3 Å². The molecule has 2 bridgehead atoms. The van der Waals surface area contributed by atoms with Crippen LogP contribution in [0.2, 0.25) is 0 Å². The van der Waals surface area contributed by atoms with Crippen LogP contribution in [0.4, 0.5) is 0 Å². The summed E-state index contributed by atoms with van der Waals surface area (Å²) in [6, 6.07) is 8.17. The Morgan fingerprint density at radius 2 is 2.20 bits per heavy atom. The zero-order chi connectivity index (χ0) is 13.0. The summed E-state index contributed by atoms with van der Waals surface area (Å²) in [4.78, 5) is 14.4. The molecule has 0 spiro atoms. The Morgan fingerprint density at radius 3 is 3.05 bits per heavy atom. The second kappa shape index (κ2) is 4.64. The Kier molecular flexibility index (Phi) is 3.18. The minimum Gasteiger partial charge on any atom is -0.467 e. The van der Waals surface area contributed by atoms with Crippen LogP contribution in [0.1, 0.15) is 24.3 Å². The Morgan fingerprint density at radius 1 is 1.40 bits per heavy atom. The molecule has 4 rings (SSSR count). The molecule has 3 aliphatic rings. The van der Waals surface area contributed by atoms with Gasteiger partial charge in [-0.15, -0.1) is 12.4 Å². The molecule has 20 heavy (non-hydrogen) atoms. The average molecular weight is 295 g/mol. The van der Waals surface area contributed by atoms with Crippen molar-refractivity contribution in [3.8, 4) is 5.75 Å². The molecule has 4 nitrogen and oxygen atoms in total. The smallest absolute Gasteiger partial charge is 0.223 e.